The van der Waals surface area contributed by atoms with E-state index in [0.29, 0.717) is 5.91 Å². The Labute approximate surface area is 178 Å². The van der Waals surface area contributed by atoms with Crippen LogP contribution >= 0.6 is 0 Å². The van der Waals surface area contributed by atoms with Crippen LogP contribution in [-0.2, 0) is 11.3 Å². The van der Waals surface area contributed by atoms with E-state index in [1.165, 1.54) is 5.56 Å². The number of rotatable bonds is 5. The predicted octanol–water partition coefficient (Wildman–Crippen LogP) is 2.44. The van der Waals surface area contributed by atoms with Crippen molar-refractivity contribution in [2.45, 2.75) is 25.8 Å². The molecular weight excluding hydrogens is 378 g/mol. The number of piperidine rings is 1. The molecule has 30 heavy (non-hydrogen) atoms. The van der Waals surface area contributed by atoms with Gasteiger partial charge in [-0.3, -0.25) is 9.69 Å². The molecule has 2 fully saturated rings. The van der Waals surface area contributed by atoms with Gasteiger partial charge in [-0.1, -0.05) is 12.1 Å². The molecule has 0 bridgehead atoms. The van der Waals surface area contributed by atoms with Crippen LogP contribution in [0.3, 0.4) is 0 Å². The maximum absolute atomic E-state index is 13.2. The number of hydrogen-bond donors (Lipinski definition) is 0. The van der Waals surface area contributed by atoms with E-state index in [-0.39, 0.29) is 5.92 Å². The largest absolute Gasteiger partial charge is 0.497 e. The van der Waals surface area contributed by atoms with E-state index in [1.54, 1.807) is 19.5 Å². The molecule has 2 aromatic rings. The second-order valence-electron chi connectivity index (χ2n) is 8.14. The molecule has 1 unspecified atom stereocenters. The average Bonchev–Trinajstić information content (AvgIpc) is 3.05. The minimum Gasteiger partial charge on any atom is -0.497 e. The van der Waals surface area contributed by atoms with Crippen LogP contribution in [0.5, 0.6) is 5.75 Å². The SMILES string of the molecule is COc1ccc(CN2CCCN(C(=O)C3CCCN(c4ncccn4)C3)CC2)cc1. The van der Waals surface area contributed by atoms with Crippen LogP contribution < -0.4 is 9.64 Å². The third-order valence-electron chi connectivity index (χ3n) is 6.07. The molecule has 4 rings (SSSR count). The molecule has 1 aromatic carbocycles. The summed E-state index contributed by atoms with van der Waals surface area (Å²) in [4.78, 5) is 28.6. The Morgan fingerprint density at radius 1 is 1.03 bits per heavy atom. The first-order valence-electron chi connectivity index (χ1n) is 10.9. The lowest BCUT2D eigenvalue weighted by Gasteiger charge is -2.34. The molecule has 2 aliphatic rings. The number of ether oxygens (including phenoxy) is 1. The summed E-state index contributed by atoms with van der Waals surface area (Å²) in [5.41, 5.74) is 1.28. The molecule has 3 heterocycles. The number of benzene rings is 1. The van der Waals surface area contributed by atoms with Crippen LogP contribution in [0.25, 0.3) is 0 Å². The maximum Gasteiger partial charge on any atom is 0.227 e. The molecule has 1 amide bonds. The standard InChI is InChI=1S/C23H31N5O2/c1-30-21-8-6-19(7-9-21)17-26-12-4-14-27(16-15-26)22(29)20-5-2-13-28(18-20)23-24-10-3-11-25-23/h3,6-11,20H,2,4-5,12-18H2,1H3. The number of hydrogen-bond acceptors (Lipinski definition) is 6. The Bertz CT molecular complexity index is 814. The number of amides is 1. The topological polar surface area (TPSA) is 61.8 Å². The molecule has 160 valence electrons. The highest BCUT2D eigenvalue weighted by Crippen LogP contribution is 2.23. The Hall–Kier alpha value is -2.67. The molecule has 0 radical (unpaired) electrons. The Kier molecular flexibility index (Phi) is 6.79. The summed E-state index contributed by atoms with van der Waals surface area (Å²) >= 11 is 0. The van der Waals surface area contributed by atoms with E-state index < -0.39 is 0 Å². The number of carbonyl (C=O) groups is 1. The van der Waals surface area contributed by atoms with Crippen molar-refractivity contribution in [1.29, 1.82) is 0 Å². The van der Waals surface area contributed by atoms with Crippen LogP contribution in [0.4, 0.5) is 5.95 Å². The molecule has 7 heteroatoms. The summed E-state index contributed by atoms with van der Waals surface area (Å²) in [6, 6.07) is 10.1. The zero-order chi connectivity index (χ0) is 20.8. The van der Waals surface area contributed by atoms with Crippen molar-refractivity contribution in [3.8, 4) is 5.75 Å². The van der Waals surface area contributed by atoms with E-state index in [0.717, 1.165) is 76.8 Å². The van der Waals surface area contributed by atoms with Gasteiger partial charge in [0.25, 0.3) is 0 Å². The van der Waals surface area contributed by atoms with Gasteiger partial charge in [0.15, 0.2) is 0 Å². The third-order valence-corrected chi connectivity index (χ3v) is 6.07. The van der Waals surface area contributed by atoms with Crippen LogP contribution in [0.2, 0.25) is 0 Å². The van der Waals surface area contributed by atoms with E-state index >= 15 is 0 Å². The number of aromatic nitrogens is 2. The summed E-state index contributed by atoms with van der Waals surface area (Å²) in [5.74, 6) is 1.95. The molecular formula is C23H31N5O2. The Balaban J connectivity index is 1.31. The maximum atomic E-state index is 13.2. The monoisotopic (exact) mass is 409 g/mol. The van der Waals surface area contributed by atoms with Gasteiger partial charge in [0.1, 0.15) is 5.75 Å². The third kappa shape index (κ3) is 5.08. The van der Waals surface area contributed by atoms with E-state index in [1.807, 2.05) is 18.2 Å². The molecule has 0 N–H and O–H groups in total. The highest BCUT2D eigenvalue weighted by Gasteiger charge is 2.31. The van der Waals surface area contributed by atoms with Crippen molar-refractivity contribution >= 4 is 11.9 Å². The van der Waals surface area contributed by atoms with Gasteiger partial charge in [0.2, 0.25) is 11.9 Å². The molecule has 1 atom stereocenters. The normalized spacial score (nSPS) is 20.6. The van der Waals surface area contributed by atoms with Gasteiger partial charge in [-0.2, -0.15) is 0 Å². The van der Waals surface area contributed by atoms with Gasteiger partial charge in [-0.05, 0) is 43.0 Å². The number of anilines is 1. The highest BCUT2D eigenvalue weighted by atomic mass is 16.5. The molecule has 2 aliphatic heterocycles. The van der Waals surface area contributed by atoms with Gasteiger partial charge in [-0.25, -0.2) is 9.97 Å². The van der Waals surface area contributed by atoms with Crippen LogP contribution in [-0.4, -0.2) is 72.1 Å². The van der Waals surface area contributed by atoms with Gasteiger partial charge in [0, 0.05) is 58.2 Å². The van der Waals surface area contributed by atoms with E-state index in [4.69, 9.17) is 4.74 Å². The van der Waals surface area contributed by atoms with Gasteiger partial charge in [0.05, 0.1) is 13.0 Å². The number of nitrogens with zero attached hydrogens (tertiary/aromatic N) is 5. The van der Waals surface area contributed by atoms with Gasteiger partial charge >= 0.3 is 0 Å². The molecule has 0 spiro atoms. The van der Waals surface area contributed by atoms with Crippen molar-refractivity contribution in [2.24, 2.45) is 5.92 Å². The molecule has 7 nitrogen and oxygen atoms in total. The molecule has 0 aliphatic carbocycles. The summed E-state index contributed by atoms with van der Waals surface area (Å²) in [5, 5.41) is 0. The predicted molar refractivity (Wildman–Crippen MR) is 116 cm³/mol. The second kappa shape index (κ2) is 9.89. The smallest absolute Gasteiger partial charge is 0.227 e. The lowest BCUT2D eigenvalue weighted by molar-refractivity contribution is -0.135. The number of carbonyl (C=O) groups excluding carboxylic acids is 1. The molecule has 2 saturated heterocycles. The zero-order valence-electron chi connectivity index (χ0n) is 17.7. The van der Waals surface area contributed by atoms with Crippen LogP contribution in [0, 0.1) is 5.92 Å². The van der Waals surface area contributed by atoms with Gasteiger partial charge in [-0.15, -0.1) is 0 Å². The average molecular weight is 410 g/mol. The van der Waals surface area contributed by atoms with Crippen LogP contribution in [0.1, 0.15) is 24.8 Å². The summed E-state index contributed by atoms with van der Waals surface area (Å²) in [6.45, 7) is 6.12. The van der Waals surface area contributed by atoms with Crippen molar-refractivity contribution < 1.29 is 9.53 Å². The second-order valence-corrected chi connectivity index (χ2v) is 8.14. The van der Waals surface area contributed by atoms with Crippen LogP contribution in [0.15, 0.2) is 42.7 Å². The lowest BCUT2D eigenvalue weighted by Crippen LogP contribution is -2.46. The Morgan fingerprint density at radius 2 is 1.83 bits per heavy atom. The quantitative estimate of drug-likeness (QED) is 0.756. The Morgan fingerprint density at radius 3 is 2.60 bits per heavy atom. The highest BCUT2D eigenvalue weighted by molar-refractivity contribution is 5.79. The summed E-state index contributed by atoms with van der Waals surface area (Å²) in [7, 11) is 1.69. The van der Waals surface area contributed by atoms with Gasteiger partial charge < -0.3 is 14.5 Å². The first-order chi connectivity index (χ1) is 14.7. The summed E-state index contributed by atoms with van der Waals surface area (Å²) in [6.07, 6.45) is 6.50. The molecule has 1 aromatic heterocycles. The fourth-order valence-electron chi connectivity index (χ4n) is 4.41. The first kappa shape index (κ1) is 20.6. The number of methoxy groups -OCH3 is 1. The van der Waals surface area contributed by atoms with Crippen molar-refractivity contribution in [3.63, 3.8) is 0 Å². The lowest BCUT2D eigenvalue weighted by atomic mass is 9.96. The summed E-state index contributed by atoms with van der Waals surface area (Å²) < 4.78 is 5.24. The fourth-order valence-corrected chi connectivity index (χ4v) is 4.41. The minimum atomic E-state index is 0.0377. The van der Waals surface area contributed by atoms with E-state index in [2.05, 4.69) is 36.8 Å². The van der Waals surface area contributed by atoms with Crippen molar-refractivity contribution in [3.05, 3.63) is 48.3 Å². The minimum absolute atomic E-state index is 0.0377. The zero-order valence-corrected chi connectivity index (χ0v) is 17.7. The molecule has 0 saturated carbocycles. The van der Waals surface area contributed by atoms with E-state index in [9.17, 15) is 4.79 Å². The van der Waals surface area contributed by atoms with Crippen molar-refractivity contribution in [2.75, 3.05) is 51.3 Å². The fraction of sp³-hybridized carbons (Fsp3) is 0.522. The van der Waals surface area contributed by atoms with Crippen molar-refractivity contribution in [1.82, 2.24) is 19.8 Å². The first-order valence-corrected chi connectivity index (χ1v) is 10.9.